The molecule has 6 N–H and O–H groups in total. The second kappa shape index (κ2) is 13.5. The second-order valence-corrected chi connectivity index (χ2v) is 5.39. The highest BCUT2D eigenvalue weighted by atomic mass is 35.5. The Morgan fingerprint density at radius 2 is 1.62 bits per heavy atom. The molecule has 26 heavy (non-hydrogen) atoms. The molecule has 146 valence electrons. The van der Waals surface area contributed by atoms with Crippen molar-refractivity contribution in [1.82, 2.24) is 0 Å². The van der Waals surface area contributed by atoms with Gasteiger partial charge in [0.25, 0.3) is 0 Å². The summed E-state index contributed by atoms with van der Waals surface area (Å²) in [6.07, 6.45) is -1.98. The lowest BCUT2D eigenvalue weighted by atomic mass is 9.96. The van der Waals surface area contributed by atoms with Crippen molar-refractivity contribution in [3.8, 4) is 0 Å². The van der Waals surface area contributed by atoms with Crippen molar-refractivity contribution in [2.24, 2.45) is 11.5 Å². The molecular weight excluding hydrogens is 364 g/mol. The zero-order chi connectivity index (χ0) is 20.9. The van der Waals surface area contributed by atoms with Gasteiger partial charge >= 0.3 is 18.2 Å². The third-order valence-corrected chi connectivity index (χ3v) is 3.33. The van der Waals surface area contributed by atoms with Gasteiger partial charge in [0.05, 0.1) is 6.61 Å². The Labute approximate surface area is 157 Å². The van der Waals surface area contributed by atoms with Crippen molar-refractivity contribution in [2.75, 3.05) is 6.61 Å². The van der Waals surface area contributed by atoms with Crippen LogP contribution in [0.2, 0.25) is 0 Å². The van der Waals surface area contributed by atoms with E-state index < -0.39 is 12.2 Å². The minimum Gasteiger partial charge on any atom is -0.465 e. The Balaban J connectivity index is 0. The third kappa shape index (κ3) is 12.7. The zero-order valence-electron chi connectivity index (χ0n) is 15.0. The van der Waals surface area contributed by atoms with Crippen LogP contribution in [0.4, 0.5) is 9.59 Å². The summed E-state index contributed by atoms with van der Waals surface area (Å²) < 4.78 is 5.12. The number of carboxylic acid groups (broad SMARTS) is 2. The van der Waals surface area contributed by atoms with E-state index in [-0.39, 0.29) is 5.97 Å². The number of alkyl halides is 1. The third-order valence-electron chi connectivity index (χ3n) is 3.04. The molecular formula is C17H25ClN2O6. The smallest absolute Gasteiger partial charge is 0.402 e. The van der Waals surface area contributed by atoms with Crippen LogP contribution in [0.3, 0.4) is 0 Å². The quantitative estimate of drug-likeness (QED) is 0.345. The molecule has 0 aromatic heterocycles. The molecule has 1 aromatic carbocycles. The maximum Gasteiger partial charge on any atom is 0.402 e. The highest BCUT2D eigenvalue weighted by Gasteiger charge is 2.09. The Bertz CT molecular complexity index is 626. The fourth-order valence-electron chi connectivity index (χ4n) is 1.77. The molecule has 0 unspecified atom stereocenters. The fraction of sp³-hybridized carbons (Fsp3) is 0.353. The van der Waals surface area contributed by atoms with Crippen LogP contribution < -0.4 is 11.5 Å². The van der Waals surface area contributed by atoms with Gasteiger partial charge < -0.3 is 26.4 Å². The molecule has 8 nitrogen and oxygen atoms in total. The Morgan fingerprint density at radius 1 is 1.15 bits per heavy atom. The fourth-order valence-corrected chi connectivity index (χ4v) is 2.02. The molecule has 0 saturated heterocycles. The number of amides is 2. The van der Waals surface area contributed by atoms with Crippen molar-refractivity contribution in [1.29, 1.82) is 0 Å². The monoisotopic (exact) mass is 388 g/mol. The maximum atomic E-state index is 11.3. The topological polar surface area (TPSA) is 153 Å². The summed E-state index contributed by atoms with van der Waals surface area (Å²) in [6, 6.07) is 4.10. The van der Waals surface area contributed by atoms with Crippen LogP contribution in [0.15, 0.2) is 24.3 Å². The van der Waals surface area contributed by atoms with Crippen LogP contribution >= 0.6 is 11.6 Å². The Kier molecular flexibility index (Phi) is 13.3. The number of ether oxygens (including phenoxy) is 1. The number of benzene rings is 1. The number of hydrogen-bond acceptors (Lipinski definition) is 4. The van der Waals surface area contributed by atoms with Crippen molar-refractivity contribution in [2.45, 2.75) is 33.1 Å². The maximum absolute atomic E-state index is 11.3. The van der Waals surface area contributed by atoms with E-state index in [2.05, 4.69) is 38.0 Å². The number of hydrogen-bond donors (Lipinski definition) is 4. The first kappa shape index (κ1) is 25.5. The van der Waals surface area contributed by atoms with Gasteiger partial charge in [0.2, 0.25) is 0 Å². The molecule has 0 saturated carbocycles. The number of carbonyl (C=O) groups excluding carboxylic acids is 1. The predicted octanol–water partition coefficient (Wildman–Crippen LogP) is 2.95. The zero-order valence-corrected chi connectivity index (χ0v) is 15.8. The van der Waals surface area contributed by atoms with Crippen molar-refractivity contribution in [3.63, 3.8) is 0 Å². The predicted molar refractivity (Wildman–Crippen MR) is 99.4 cm³/mol. The number of esters is 1. The Hall–Kier alpha value is -2.74. The summed E-state index contributed by atoms with van der Waals surface area (Å²) in [6.45, 7) is 9.69. The molecule has 0 bridgehead atoms. The van der Waals surface area contributed by atoms with Gasteiger partial charge in [-0.05, 0) is 43.0 Å². The second-order valence-electron chi connectivity index (χ2n) is 5.12. The van der Waals surface area contributed by atoms with E-state index in [1.165, 1.54) is 16.7 Å². The highest BCUT2D eigenvalue weighted by Crippen LogP contribution is 2.20. The van der Waals surface area contributed by atoms with E-state index in [0.717, 1.165) is 5.56 Å². The number of carbonyl (C=O) groups is 3. The van der Waals surface area contributed by atoms with E-state index in [4.69, 9.17) is 36.1 Å². The summed E-state index contributed by atoms with van der Waals surface area (Å²) in [5.74, 6) is 0.137. The lowest BCUT2D eigenvalue weighted by Gasteiger charge is -2.13. The number of aryl methyl sites for hydroxylation is 1. The molecule has 1 rings (SSSR count). The minimum atomic E-state index is -1.33. The molecule has 0 heterocycles. The summed E-state index contributed by atoms with van der Waals surface area (Å²) in [4.78, 5) is 28.8. The lowest BCUT2D eigenvalue weighted by molar-refractivity contribution is -0.138. The van der Waals surface area contributed by atoms with E-state index in [9.17, 15) is 4.79 Å². The summed E-state index contributed by atoms with van der Waals surface area (Å²) in [5.41, 5.74) is 13.2. The van der Waals surface area contributed by atoms with Crippen LogP contribution in [0.1, 0.15) is 29.2 Å². The number of rotatable bonds is 5. The van der Waals surface area contributed by atoms with Gasteiger partial charge in [0, 0.05) is 17.9 Å². The van der Waals surface area contributed by atoms with Gasteiger partial charge in [-0.3, -0.25) is 0 Å². The first-order chi connectivity index (χ1) is 11.9. The van der Waals surface area contributed by atoms with E-state index in [1.54, 1.807) is 6.92 Å². The lowest BCUT2D eigenvalue weighted by Crippen LogP contribution is -2.10. The van der Waals surface area contributed by atoms with Crippen LogP contribution in [0, 0.1) is 13.8 Å². The van der Waals surface area contributed by atoms with Crippen molar-refractivity contribution < 1.29 is 29.3 Å². The standard InChI is InChI=1S/C15H19ClO2.2CH3NO2/c1-10(2)15(17)18-8-7-14-12(4)11(3)5-6-13(14)9-16;2*2-1(3)4/h5-6H,1,7-9H2,2-4H3;2*2H2,(H,3,4). The minimum absolute atomic E-state index is 0.340. The van der Waals surface area contributed by atoms with Gasteiger partial charge in [0.1, 0.15) is 0 Å². The average molecular weight is 389 g/mol. The molecule has 0 spiro atoms. The molecule has 0 fully saturated rings. The molecule has 9 heteroatoms. The van der Waals surface area contributed by atoms with Crippen LogP contribution in [0.25, 0.3) is 0 Å². The SMILES string of the molecule is C=C(C)C(=O)OCCc1c(CCl)ccc(C)c1C.NC(=O)O.NC(=O)O. The number of halogens is 1. The van der Waals surface area contributed by atoms with Gasteiger partial charge in [0.15, 0.2) is 0 Å². The molecule has 2 amide bonds. The van der Waals surface area contributed by atoms with Gasteiger partial charge in [-0.1, -0.05) is 18.7 Å². The summed E-state index contributed by atoms with van der Waals surface area (Å²) in [7, 11) is 0. The first-order valence-corrected chi connectivity index (χ1v) is 7.90. The molecule has 0 radical (unpaired) electrons. The number of primary amides is 2. The Morgan fingerprint density at radius 3 is 2.00 bits per heavy atom. The van der Waals surface area contributed by atoms with Crippen LogP contribution in [-0.4, -0.2) is 35.0 Å². The number of nitrogens with two attached hydrogens (primary N) is 2. The average Bonchev–Trinajstić information content (AvgIpc) is 2.50. The molecule has 0 aliphatic carbocycles. The summed E-state index contributed by atoms with van der Waals surface area (Å²) in [5, 5.41) is 14.4. The van der Waals surface area contributed by atoms with Crippen molar-refractivity contribution in [3.05, 3.63) is 46.5 Å². The van der Waals surface area contributed by atoms with Crippen LogP contribution in [-0.2, 0) is 21.8 Å². The van der Waals surface area contributed by atoms with Gasteiger partial charge in [-0.2, -0.15) is 0 Å². The molecule has 0 aliphatic rings. The van der Waals surface area contributed by atoms with Crippen molar-refractivity contribution >= 4 is 29.8 Å². The van der Waals surface area contributed by atoms with Crippen LogP contribution in [0.5, 0.6) is 0 Å². The van der Waals surface area contributed by atoms with Gasteiger partial charge in [-0.25, -0.2) is 14.4 Å². The molecule has 0 atom stereocenters. The summed E-state index contributed by atoms with van der Waals surface area (Å²) >= 11 is 5.93. The molecule has 0 aliphatic heterocycles. The normalized spacial score (nSPS) is 8.92. The van der Waals surface area contributed by atoms with E-state index >= 15 is 0 Å². The van der Waals surface area contributed by atoms with Gasteiger partial charge in [-0.15, -0.1) is 11.6 Å². The first-order valence-electron chi connectivity index (χ1n) is 7.37. The largest absolute Gasteiger partial charge is 0.465 e. The van der Waals surface area contributed by atoms with E-state index in [0.29, 0.717) is 24.5 Å². The molecule has 1 aromatic rings. The van der Waals surface area contributed by atoms with E-state index in [1.807, 2.05) is 6.07 Å². The highest BCUT2D eigenvalue weighted by molar-refractivity contribution is 6.17.